The van der Waals surface area contributed by atoms with Gasteiger partial charge in [-0.3, -0.25) is 19.3 Å². The Morgan fingerprint density at radius 3 is 2.41 bits per heavy atom. The van der Waals surface area contributed by atoms with Crippen LogP contribution in [0, 0.1) is 6.92 Å². The van der Waals surface area contributed by atoms with E-state index in [1.165, 1.54) is 0 Å². The number of aryl methyl sites for hydroxylation is 1. The van der Waals surface area contributed by atoms with Crippen LogP contribution in [0.25, 0.3) is 0 Å². The number of halogens is 1. The van der Waals surface area contributed by atoms with E-state index in [1.54, 1.807) is 40.1 Å². The molecule has 1 spiro atoms. The minimum Gasteiger partial charge on any atom is -0.353 e. The molecule has 2 aliphatic rings. The third-order valence-electron chi connectivity index (χ3n) is 6.49. The Hall–Kier alpha value is -2.90. The van der Waals surface area contributed by atoms with Crippen LogP contribution in [0.1, 0.15) is 53.0 Å². The molecule has 0 unspecified atom stereocenters. The number of amides is 3. The molecule has 1 N–H and O–H groups in total. The van der Waals surface area contributed by atoms with Crippen molar-refractivity contribution in [2.75, 3.05) is 19.7 Å². The summed E-state index contributed by atoms with van der Waals surface area (Å²) in [4.78, 5) is 43.2. The lowest BCUT2D eigenvalue weighted by Gasteiger charge is -2.44. The molecule has 2 aliphatic heterocycles. The highest BCUT2D eigenvalue weighted by molar-refractivity contribution is 6.30. The molecule has 0 radical (unpaired) electrons. The molecule has 2 aromatic rings. The minimum atomic E-state index is -0.941. The molecular weight excluding hydrogens is 454 g/mol. The van der Waals surface area contributed by atoms with Crippen LogP contribution in [-0.4, -0.2) is 65.0 Å². The van der Waals surface area contributed by atoms with Gasteiger partial charge in [-0.1, -0.05) is 35.9 Å². The molecule has 0 aromatic heterocycles. The van der Waals surface area contributed by atoms with Gasteiger partial charge in [-0.15, -0.1) is 0 Å². The summed E-state index contributed by atoms with van der Waals surface area (Å²) in [5.74, 6) is -0.568. The number of rotatable bonds is 4. The molecule has 0 aliphatic carbocycles. The Morgan fingerprint density at radius 2 is 1.76 bits per heavy atom. The van der Waals surface area contributed by atoms with Gasteiger partial charge in [-0.2, -0.15) is 0 Å². The fraction of sp³-hybridized carbons (Fsp3) is 0.423. The molecule has 2 fully saturated rings. The van der Waals surface area contributed by atoms with E-state index >= 15 is 0 Å². The maximum atomic E-state index is 13.8. The predicted octanol–water partition coefficient (Wildman–Crippen LogP) is 3.65. The van der Waals surface area contributed by atoms with Crippen LogP contribution in [0.15, 0.2) is 48.5 Å². The average molecular weight is 484 g/mol. The standard InChI is InChI=1S/C26H30ClN3O4/c1-17(2)28-23(31)22-16-34-26(30(22)25(33)21-10-5-4-7-18(21)3)11-13-29(14-12-26)24(32)19-8-6-9-20(27)15-19/h4-10,15,17,22H,11-14,16H2,1-3H3,(H,28,31)/t22-/m1/s1. The number of ether oxygens (including phenoxy) is 1. The molecule has 7 nitrogen and oxygen atoms in total. The monoisotopic (exact) mass is 483 g/mol. The zero-order valence-corrected chi connectivity index (χ0v) is 20.5. The summed E-state index contributed by atoms with van der Waals surface area (Å²) >= 11 is 6.06. The first-order valence-electron chi connectivity index (χ1n) is 11.6. The number of hydrogen-bond acceptors (Lipinski definition) is 4. The van der Waals surface area contributed by atoms with E-state index in [0.717, 1.165) is 5.56 Å². The van der Waals surface area contributed by atoms with Crippen LogP contribution in [0.3, 0.4) is 0 Å². The quantitative estimate of drug-likeness (QED) is 0.720. The van der Waals surface area contributed by atoms with Crippen molar-refractivity contribution in [3.8, 4) is 0 Å². The smallest absolute Gasteiger partial charge is 0.257 e. The van der Waals surface area contributed by atoms with Crippen molar-refractivity contribution in [1.82, 2.24) is 15.1 Å². The normalized spacial score (nSPS) is 19.5. The molecule has 3 amide bonds. The number of benzene rings is 2. The van der Waals surface area contributed by atoms with Crippen LogP contribution >= 0.6 is 11.6 Å². The third kappa shape index (κ3) is 4.68. The Kier molecular flexibility index (Phi) is 6.96. The number of carbonyl (C=O) groups is 3. The topological polar surface area (TPSA) is 79.0 Å². The highest BCUT2D eigenvalue weighted by Crippen LogP contribution is 2.39. The molecule has 2 aromatic carbocycles. The van der Waals surface area contributed by atoms with E-state index in [1.807, 2.05) is 39.0 Å². The molecule has 1 atom stereocenters. The second-order valence-electron chi connectivity index (χ2n) is 9.23. The van der Waals surface area contributed by atoms with Gasteiger partial charge in [-0.25, -0.2) is 0 Å². The SMILES string of the molecule is Cc1ccccc1C(=O)N1[C@@H](C(=O)NC(C)C)COC12CCN(C(=O)c1cccc(Cl)c1)CC2. The number of hydrogen-bond donors (Lipinski definition) is 1. The average Bonchev–Trinajstić information content (AvgIpc) is 3.17. The second-order valence-corrected chi connectivity index (χ2v) is 9.67. The number of nitrogens with one attached hydrogen (secondary N) is 1. The van der Waals surface area contributed by atoms with Crippen molar-refractivity contribution in [2.45, 2.75) is 51.4 Å². The van der Waals surface area contributed by atoms with Crippen LogP contribution in [-0.2, 0) is 9.53 Å². The van der Waals surface area contributed by atoms with Gasteiger partial charge in [0.1, 0.15) is 11.8 Å². The highest BCUT2D eigenvalue weighted by Gasteiger charge is 2.54. The largest absolute Gasteiger partial charge is 0.353 e. The van der Waals surface area contributed by atoms with Crippen molar-refractivity contribution in [3.63, 3.8) is 0 Å². The Labute approximate surface area is 205 Å². The van der Waals surface area contributed by atoms with Gasteiger partial charge in [0.05, 0.1) is 6.61 Å². The van der Waals surface area contributed by atoms with E-state index in [2.05, 4.69) is 5.32 Å². The minimum absolute atomic E-state index is 0.0587. The fourth-order valence-electron chi connectivity index (χ4n) is 4.75. The van der Waals surface area contributed by atoms with Crippen LogP contribution in [0.5, 0.6) is 0 Å². The van der Waals surface area contributed by atoms with Crippen molar-refractivity contribution in [3.05, 3.63) is 70.2 Å². The van der Waals surface area contributed by atoms with Crippen molar-refractivity contribution in [1.29, 1.82) is 0 Å². The summed E-state index contributed by atoms with van der Waals surface area (Å²) in [5.41, 5.74) is 0.972. The zero-order chi connectivity index (χ0) is 24.5. The van der Waals surface area contributed by atoms with Crippen molar-refractivity contribution in [2.24, 2.45) is 0 Å². The summed E-state index contributed by atoms with van der Waals surface area (Å²) in [5, 5.41) is 3.43. The number of nitrogens with zero attached hydrogens (tertiary/aromatic N) is 2. The van der Waals surface area contributed by atoms with Gasteiger partial charge < -0.3 is 15.0 Å². The van der Waals surface area contributed by atoms with Crippen LogP contribution < -0.4 is 5.32 Å². The van der Waals surface area contributed by atoms with Gasteiger partial charge >= 0.3 is 0 Å². The van der Waals surface area contributed by atoms with E-state index in [0.29, 0.717) is 42.1 Å². The number of likely N-dealkylation sites (tertiary alicyclic amines) is 1. The summed E-state index contributed by atoms with van der Waals surface area (Å²) in [7, 11) is 0. The lowest BCUT2D eigenvalue weighted by atomic mass is 9.95. The molecule has 0 bridgehead atoms. The first kappa shape index (κ1) is 24.2. The molecule has 180 valence electrons. The Morgan fingerprint density at radius 1 is 1.06 bits per heavy atom. The highest BCUT2D eigenvalue weighted by atomic mass is 35.5. The van der Waals surface area contributed by atoms with Gasteiger partial charge in [-0.05, 0) is 50.6 Å². The fourth-order valence-corrected chi connectivity index (χ4v) is 4.94. The van der Waals surface area contributed by atoms with E-state index in [9.17, 15) is 14.4 Å². The zero-order valence-electron chi connectivity index (χ0n) is 19.7. The summed E-state index contributed by atoms with van der Waals surface area (Å²) in [6.45, 7) is 6.58. The molecule has 0 saturated carbocycles. The number of piperidine rings is 1. The molecule has 4 rings (SSSR count). The van der Waals surface area contributed by atoms with Crippen LogP contribution in [0.4, 0.5) is 0 Å². The Bertz CT molecular complexity index is 1090. The lowest BCUT2D eigenvalue weighted by molar-refractivity contribution is -0.128. The van der Waals surface area contributed by atoms with Crippen molar-refractivity contribution < 1.29 is 19.1 Å². The van der Waals surface area contributed by atoms with E-state index in [-0.39, 0.29) is 30.4 Å². The predicted molar refractivity (Wildman–Crippen MR) is 130 cm³/mol. The number of carbonyl (C=O) groups excluding carboxylic acids is 3. The van der Waals surface area contributed by atoms with Crippen LogP contribution in [0.2, 0.25) is 5.02 Å². The molecule has 2 heterocycles. The summed E-state index contributed by atoms with van der Waals surface area (Å²) < 4.78 is 6.23. The molecular formula is C26H30ClN3O4. The molecule has 2 saturated heterocycles. The van der Waals surface area contributed by atoms with E-state index in [4.69, 9.17) is 16.3 Å². The molecule has 8 heteroatoms. The maximum absolute atomic E-state index is 13.8. The lowest BCUT2D eigenvalue weighted by Crippen LogP contribution is -2.60. The maximum Gasteiger partial charge on any atom is 0.257 e. The van der Waals surface area contributed by atoms with Crippen molar-refractivity contribution >= 4 is 29.3 Å². The first-order valence-corrected chi connectivity index (χ1v) is 12.0. The third-order valence-corrected chi connectivity index (χ3v) is 6.73. The van der Waals surface area contributed by atoms with E-state index < -0.39 is 11.8 Å². The summed E-state index contributed by atoms with van der Waals surface area (Å²) in [6, 6.07) is 13.4. The first-order chi connectivity index (χ1) is 16.2. The van der Waals surface area contributed by atoms with Gasteiger partial charge in [0.25, 0.3) is 11.8 Å². The Balaban J connectivity index is 1.59. The van der Waals surface area contributed by atoms with Gasteiger partial charge in [0.15, 0.2) is 0 Å². The second kappa shape index (κ2) is 9.76. The van der Waals surface area contributed by atoms with Gasteiger partial charge in [0, 0.05) is 48.1 Å². The molecule has 34 heavy (non-hydrogen) atoms. The van der Waals surface area contributed by atoms with Gasteiger partial charge in [0.2, 0.25) is 5.91 Å². The summed E-state index contributed by atoms with van der Waals surface area (Å²) in [6.07, 6.45) is 0.838.